The van der Waals surface area contributed by atoms with Crippen LogP contribution in [0, 0.1) is 13.8 Å². The Balaban J connectivity index is 2.79. The smallest absolute Gasteiger partial charge is 0.239 e. The third kappa shape index (κ3) is 2.24. The third-order valence-electron chi connectivity index (χ3n) is 2.44. The van der Waals surface area contributed by atoms with E-state index in [4.69, 9.17) is 5.14 Å². The van der Waals surface area contributed by atoms with Crippen molar-refractivity contribution >= 4 is 21.4 Å². The zero-order valence-corrected chi connectivity index (χ0v) is 11.1. The second-order valence-corrected chi connectivity index (χ2v) is 6.63. The van der Waals surface area contributed by atoms with Crippen LogP contribution in [-0.4, -0.2) is 13.4 Å². The number of nitrogens with two attached hydrogens (primary N) is 1. The summed E-state index contributed by atoms with van der Waals surface area (Å²) in [6, 6.07) is 3.60. The van der Waals surface area contributed by atoms with Gasteiger partial charge in [-0.05, 0) is 19.9 Å². The molecule has 0 aliphatic rings. The molecule has 0 fully saturated rings. The van der Waals surface area contributed by atoms with Crippen LogP contribution in [0.15, 0.2) is 29.4 Å². The summed E-state index contributed by atoms with van der Waals surface area (Å²) in [4.78, 5) is 5.86. The van der Waals surface area contributed by atoms with Crippen molar-refractivity contribution in [1.82, 2.24) is 4.98 Å². The van der Waals surface area contributed by atoms with E-state index in [0.29, 0.717) is 10.4 Å². The van der Waals surface area contributed by atoms with E-state index in [2.05, 4.69) is 4.98 Å². The molecule has 0 saturated heterocycles. The van der Waals surface area contributed by atoms with Crippen LogP contribution < -0.4 is 5.14 Å². The Morgan fingerprint density at radius 3 is 2.53 bits per heavy atom. The van der Waals surface area contributed by atoms with Crippen molar-refractivity contribution in [2.45, 2.75) is 18.7 Å². The van der Waals surface area contributed by atoms with Crippen LogP contribution in [0.1, 0.15) is 9.75 Å². The van der Waals surface area contributed by atoms with Crippen LogP contribution in [-0.2, 0) is 10.0 Å². The van der Waals surface area contributed by atoms with Crippen molar-refractivity contribution in [1.29, 1.82) is 0 Å². The molecule has 2 N–H and O–H groups in total. The molecular weight excluding hydrogens is 256 g/mol. The van der Waals surface area contributed by atoms with Crippen LogP contribution in [0.2, 0.25) is 0 Å². The third-order valence-corrected chi connectivity index (χ3v) is 4.67. The largest absolute Gasteiger partial charge is 0.264 e. The molecule has 0 unspecified atom stereocenters. The van der Waals surface area contributed by atoms with E-state index < -0.39 is 10.0 Å². The van der Waals surface area contributed by atoms with Gasteiger partial charge in [-0.2, -0.15) is 0 Å². The fraction of sp³-hybridized carbons (Fsp3) is 0.182. The summed E-state index contributed by atoms with van der Waals surface area (Å²) < 4.78 is 23.3. The van der Waals surface area contributed by atoms with E-state index in [0.717, 1.165) is 10.4 Å². The number of aromatic nitrogens is 1. The van der Waals surface area contributed by atoms with Crippen LogP contribution in [0.3, 0.4) is 0 Å². The molecule has 0 radical (unpaired) electrons. The topological polar surface area (TPSA) is 73.1 Å². The lowest BCUT2D eigenvalue weighted by Crippen LogP contribution is -2.13. The molecule has 0 aliphatic carbocycles. The summed E-state index contributed by atoms with van der Waals surface area (Å²) in [5.74, 6) is 0. The Kier molecular flexibility index (Phi) is 3.03. The van der Waals surface area contributed by atoms with Gasteiger partial charge in [-0.25, -0.2) is 13.6 Å². The molecule has 2 rings (SSSR count). The van der Waals surface area contributed by atoms with Crippen molar-refractivity contribution in [2.24, 2.45) is 5.14 Å². The van der Waals surface area contributed by atoms with E-state index in [1.165, 1.54) is 11.3 Å². The van der Waals surface area contributed by atoms with Crippen LogP contribution >= 0.6 is 11.3 Å². The standard InChI is InChI=1S/C11H12N2O2S2/c1-7-10(9-4-3-5-13-6-9)11(8(2)16-7)17(12,14)15/h3-6H,1-2H3,(H2,12,14,15). The van der Waals surface area contributed by atoms with E-state index in [-0.39, 0.29) is 4.90 Å². The summed E-state index contributed by atoms with van der Waals surface area (Å²) in [7, 11) is -3.71. The van der Waals surface area contributed by atoms with Gasteiger partial charge in [0.1, 0.15) is 4.90 Å². The van der Waals surface area contributed by atoms with Crippen LogP contribution in [0.5, 0.6) is 0 Å². The second-order valence-electron chi connectivity index (χ2n) is 3.71. The normalized spacial score (nSPS) is 11.7. The molecule has 0 bridgehead atoms. The first-order valence-electron chi connectivity index (χ1n) is 4.94. The molecular formula is C11H12N2O2S2. The number of thiophene rings is 1. The molecule has 17 heavy (non-hydrogen) atoms. The highest BCUT2D eigenvalue weighted by Gasteiger charge is 2.23. The molecule has 0 amide bonds. The molecule has 0 aromatic carbocycles. The van der Waals surface area contributed by atoms with Crippen molar-refractivity contribution in [3.63, 3.8) is 0 Å². The maximum atomic E-state index is 11.6. The summed E-state index contributed by atoms with van der Waals surface area (Å²) >= 11 is 1.43. The SMILES string of the molecule is Cc1sc(C)c(S(N)(=O)=O)c1-c1cccnc1. The monoisotopic (exact) mass is 268 g/mol. The Labute approximate surface area is 104 Å². The minimum atomic E-state index is -3.71. The second kappa shape index (κ2) is 4.21. The summed E-state index contributed by atoms with van der Waals surface area (Å²) in [6.45, 7) is 3.64. The fourth-order valence-electron chi connectivity index (χ4n) is 1.85. The first kappa shape index (κ1) is 12.2. The lowest BCUT2D eigenvalue weighted by Gasteiger charge is -2.04. The van der Waals surface area contributed by atoms with E-state index in [1.54, 1.807) is 25.4 Å². The zero-order chi connectivity index (χ0) is 12.6. The Morgan fingerprint density at radius 1 is 1.29 bits per heavy atom. The fourth-order valence-corrected chi connectivity index (χ4v) is 4.32. The van der Waals surface area contributed by atoms with Crippen molar-refractivity contribution in [2.75, 3.05) is 0 Å². The first-order chi connectivity index (χ1) is 7.91. The van der Waals surface area contributed by atoms with Gasteiger partial charge in [0.25, 0.3) is 0 Å². The molecule has 0 saturated carbocycles. The molecule has 0 atom stereocenters. The number of hydrogen-bond donors (Lipinski definition) is 1. The minimum absolute atomic E-state index is 0.216. The number of aryl methyl sites for hydroxylation is 2. The number of nitrogens with zero attached hydrogens (tertiary/aromatic N) is 1. The molecule has 4 nitrogen and oxygen atoms in total. The maximum absolute atomic E-state index is 11.6. The van der Waals surface area contributed by atoms with Crippen molar-refractivity contribution in [3.05, 3.63) is 34.3 Å². The highest BCUT2D eigenvalue weighted by molar-refractivity contribution is 7.89. The average molecular weight is 268 g/mol. The highest BCUT2D eigenvalue weighted by atomic mass is 32.2. The molecule has 2 aromatic heterocycles. The maximum Gasteiger partial charge on any atom is 0.239 e. The van der Waals surface area contributed by atoms with Gasteiger partial charge >= 0.3 is 0 Å². The van der Waals surface area contributed by atoms with Gasteiger partial charge in [-0.1, -0.05) is 6.07 Å². The first-order valence-corrected chi connectivity index (χ1v) is 7.30. The van der Waals surface area contributed by atoms with Crippen molar-refractivity contribution < 1.29 is 8.42 Å². The van der Waals surface area contributed by atoms with Gasteiger partial charge in [0, 0.05) is 33.3 Å². The molecule has 0 aliphatic heterocycles. The number of rotatable bonds is 2. The predicted octanol–water partition coefficient (Wildman–Crippen LogP) is 2.07. The molecule has 90 valence electrons. The number of pyridine rings is 1. The Bertz CT molecular complexity index is 646. The minimum Gasteiger partial charge on any atom is -0.264 e. The predicted molar refractivity (Wildman–Crippen MR) is 68.4 cm³/mol. The quantitative estimate of drug-likeness (QED) is 0.906. The summed E-state index contributed by atoms with van der Waals surface area (Å²) in [5.41, 5.74) is 1.45. The summed E-state index contributed by atoms with van der Waals surface area (Å²) in [6.07, 6.45) is 3.29. The number of primary sulfonamides is 1. The van der Waals surface area contributed by atoms with Gasteiger partial charge in [0.05, 0.1) is 0 Å². The number of sulfonamides is 1. The van der Waals surface area contributed by atoms with Gasteiger partial charge in [0.15, 0.2) is 0 Å². The zero-order valence-electron chi connectivity index (χ0n) is 9.47. The lowest BCUT2D eigenvalue weighted by molar-refractivity contribution is 0.598. The molecule has 0 spiro atoms. The molecule has 2 heterocycles. The van der Waals surface area contributed by atoms with Crippen LogP contribution in [0.4, 0.5) is 0 Å². The highest BCUT2D eigenvalue weighted by Crippen LogP contribution is 2.37. The Morgan fingerprint density at radius 2 is 2.00 bits per heavy atom. The van der Waals surface area contributed by atoms with Gasteiger partial charge in [0.2, 0.25) is 10.0 Å². The molecule has 2 aromatic rings. The van der Waals surface area contributed by atoms with E-state index >= 15 is 0 Å². The number of hydrogen-bond acceptors (Lipinski definition) is 4. The van der Waals surface area contributed by atoms with Crippen LogP contribution in [0.25, 0.3) is 11.1 Å². The lowest BCUT2D eigenvalue weighted by atomic mass is 10.1. The van der Waals surface area contributed by atoms with E-state index in [1.807, 2.05) is 13.0 Å². The van der Waals surface area contributed by atoms with E-state index in [9.17, 15) is 8.42 Å². The Hall–Kier alpha value is -1.24. The van der Waals surface area contributed by atoms with Gasteiger partial charge < -0.3 is 0 Å². The van der Waals surface area contributed by atoms with Gasteiger partial charge in [-0.3, -0.25) is 4.98 Å². The van der Waals surface area contributed by atoms with Crippen molar-refractivity contribution in [3.8, 4) is 11.1 Å². The summed E-state index contributed by atoms with van der Waals surface area (Å²) in [5, 5.41) is 5.27. The van der Waals surface area contributed by atoms with Gasteiger partial charge in [-0.15, -0.1) is 11.3 Å². The average Bonchev–Trinajstić information content (AvgIpc) is 2.54. The molecule has 6 heteroatoms.